The fourth-order valence-corrected chi connectivity index (χ4v) is 2.06. The largest absolute Gasteiger partial charge is 0.491 e. The second-order valence-corrected chi connectivity index (χ2v) is 5.12. The predicted octanol–water partition coefficient (Wildman–Crippen LogP) is 4.16. The summed E-state index contributed by atoms with van der Waals surface area (Å²) >= 11 is 0. The van der Waals surface area contributed by atoms with Crippen LogP contribution in [0.4, 0.5) is 0 Å². The van der Waals surface area contributed by atoms with Gasteiger partial charge in [0.25, 0.3) is 0 Å². The number of carbonyl (C=O) groups is 1. The molecule has 0 unspecified atom stereocenters. The maximum atomic E-state index is 12.1. The summed E-state index contributed by atoms with van der Waals surface area (Å²) in [7, 11) is 0. The van der Waals surface area contributed by atoms with Gasteiger partial charge in [0.1, 0.15) is 5.60 Å². The van der Waals surface area contributed by atoms with Gasteiger partial charge in [0.15, 0.2) is 5.78 Å². The van der Waals surface area contributed by atoms with E-state index in [4.69, 9.17) is 4.74 Å². The first-order valence-electron chi connectivity index (χ1n) is 6.66. The molecule has 0 radical (unpaired) electrons. The zero-order chi connectivity index (χ0) is 12.7. The third kappa shape index (κ3) is 4.37. The summed E-state index contributed by atoms with van der Waals surface area (Å²) in [6.07, 6.45) is 11.9. The third-order valence-corrected chi connectivity index (χ3v) is 3.16. The molecular weight excluding hydrogens is 212 g/mol. The highest BCUT2D eigenvalue weighted by Gasteiger charge is 2.30. The SMILES string of the molecule is CCCCCCCC(=O)C1=CC=COC1(C)C. The van der Waals surface area contributed by atoms with Crippen LogP contribution in [0.1, 0.15) is 59.3 Å². The standard InChI is InChI=1S/C15H24O2/c1-4-5-6-7-8-11-14(16)13-10-9-12-17-15(13,2)3/h9-10,12H,4-8,11H2,1-3H3. The minimum absolute atomic E-state index is 0.232. The monoisotopic (exact) mass is 236 g/mol. The molecule has 0 amide bonds. The first kappa shape index (κ1) is 14.0. The number of allylic oxidation sites excluding steroid dienone is 2. The fourth-order valence-electron chi connectivity index (χ4n) is 2.06. The van der Waals surface area contributed by atoms with Crippen LogP contribution in [0.5, 0.6) is 0 Å². The molecule has 0 aromatic carbocycles. The average Bonchev–Trinajstić information content (AvgIpc) is 2.28. The lowest BCUT2D eigenvalue weighted by molar-refractivity contribution is -0.117. The van der Waals surface area contributed by atoms with Gasteiger partial charge in [-0.3, -0.25) is 4.79 Å². The van der Waals surface area contributed by atoms with E-state index >= 15 is 0 Å². The van der Waals surface area contributed by atoms with Crippen LogP contribution in [0.3, 0.4) is 0 Å². The molecule has 2 nitrogen and oxygen atoms in total. The van der Waals surface area contributed by atoms with Crippen molar-refractivity contribution in [1.82, 2.24) is 0 Å². The summed E-state index contributed by atoms with van der Waals surface area (Å²) in [5.41, 5.74) is 0.338. The summed E-state index contributed by atoms with van der Waals surface area (Å²) in [6.45, 7) is 6.08. The Morgan fingerprint density at radius 2 is 1.94 bits per heavy atom. The molecular formula is C15H24O2. The molecule has 1 rings (SSSR count). The van der Waals surface area contributed by atoms with E-state index in [2.05, 4.69) is 6.92 Å². The van der Waals surface area contributed by atoms with Gasteiger partial charge < -0.3 is 4.74 Å². The molecule has 0 N–H and O–H groups in total. The number of hydrogen-bond acceptors (Lipinski definition) is 2. The molecule has 0 atom stereocenters. The van der Waals surface area contributed by atoms with Crippen molar-refractivity contribution in [3.05, 3.63) is 24.0 Å². The van der Waals surface area contributed by atoms with Crippen molar-refractivity contribution in [2.45, 2.75) is 64.9 Å². The summed E-state index contributed by atoms with van der Waals surface area (Å²) in [6, 6.07) is 0. The van der Waals surface area contributed by atoms with Gasteiger partial charge in [-0.2, -0.15) is 0 Å². The number of ether oxygens (including phenoxy) is 1. The van der Waals surface area contributed by atoms with Crippen molar-refractivity contribution in [3.63, 3.8) is 0 Å². The van der Waals surface area contributed by atoms with Crippen LogP contribution in [0.15, 0.2) is 24.0 Å². The first-order valence-corrected chi connectivity index (χ1v) is 6.66. The van der Waals surface area contributed by atoms with Gasteiger partial charge in [0, 0.05) is 12.0 Å². The lowest BCUT2D eigenvalue weighted by Gasteiger charge is -2.28. The third-order valence-electron chi connectivity index (χ3n) is 3.16. The van der Waals surface area contributed by atoms with E-state index in [9.17, 15) is 4.79 Å². The number of unbranched alkanes of at least 4 members (excludes halogenated alkanes) is 4. The van der Waals surface area contributed by atoms with Gasteiger partial charge in [-0.05, 0) is 32.4 Å². The molecule has 0 saturated carbocycles. The number of rotatable bonds is 7. The molecule has 1 aliphatic rings. The Hall–Kier alpha value is -1.05. The van der Waals surface area contributed by atoms with Crippen LogP contribution >= 0.6 is 0 Å². The molecule has 0 saturated heterocycles. The minimum Gasteiger partial charge on any atom is -0.491 e. The van der Waals surface area contributed by atoms with Crippen molar-refractivity contribution in [1.29, 1.82) is 0 Å². The van der Waals surface area contributed by atoms with Crippen molar-refractivity contribution >= 4 is 5.78 Å². The lowest BCUT2D eigenvalue weighted by atomic mass is 9.90. The van der Waals surface area contributed by atoms with Crippen LogP contribution in [0.2, 0.25) is 0 Å². The fraction of sp³-hybridized carbons (Fsp3) is 0.667. The smallest absolute Gasteiger partial charge is 0.162 e. The number of Topliss-reactive ketones (excluding diaryl/α,β-unsaturated/α-hetero) is 1. The Bertz CT molecular complexity index is 311. The molecule has 1 heterocycles. The van der Waals surface area contributed by atoms with E-state index in [1.807, 2.05) is 19.9 Å². The highest BCUT2D eigenvalue weighted by Crippen LogP contribution is 2.26. The van der Waals surface area contributed by atoms with Crippen LogP contribution < -0.4 is 0 Å². The molecule has 0 aliphatic carbocycles. The Labute approximate surface area is 105 Å². The number of hydrogen-bond donors (Lipinski definition) is 0. The normalized spacial score (nSPS) is 17.5. The Kier molecular flexibility index (Phi) is 5.46. The Morgan fingerprint density at radius 3 is 2.59 bits per heavy atom. The van der Waals surface area contributed by atoms with Crippen LogP contribution in [0, 0.1) is 0 Å². The van der Waals surface area contributed by atoms with Gasteiger partial charge in [0.2, 0.25) is 0 Å². The maximum absolute atomic E-state index is 12.1. The van der Waals surface area contributed by atoms with E-state index < -0.39 is 5.60 Å². The molecule has 0 bridgehead atoms. The topological polar surface area (TPSA) is 26.3 Å². The van der Waals surface area contributed by atoms with Gasteiger partial charge >= 0.3 is 0 Å². The molecule has 0 aromatic rings. The predicted molar refractivity (Wildman–Crippen MR) is 70.8 cm³/mol. The molecule has 0 spiro atoms. The van der Waals surface area contributed by atoms with E-state index in [1.54, 1.807) is 12.3 Å². The van der Waals surface area contributed by atoms with Gasteiger partial charge in [0.05, 0.1) is 6.26 Å². The molecule has 96 valence electrons. The van der Waals surface area contributed by atoms with Gasteiger partial charge in [-0.25, -0.2) is 0 Å². The maximum Gasteiger partial charge on any atom is 0.162 e. The number of ketones is 1. The summed E-state index contributed by atoms with van der Waals surface area (Å²) in [4.78, 5) is 12.1. The van der Waals surface area contributed by atoms with Crippen molar-refractivity contribution < 1.29 is 9.53 Å². The van der Waals surface area contributed by atoms with Crippen molar-refractivity contribution in [2.24, 2.45) is 0 Å². The average molecular weight is 236 g/mol. The summed E-state index contributed by atoms with van der Waals surface area (Å²) in [5, 5.41) is 0. The highest BCUT2D eigenvalue weighted by molar-refractivity contribution is 5.97. The molecule has 0 aromatic heterocycles. The van der Waals surface area contributed by atoms with E-state index in [-0.39, 0.29) is 5.78 Å². The van der Waals surface area contributed by atoms with E-state index in [0.29, 0.717) is 6.42 Å². The highest BCUT2D eigenvalue weighted by atomic mass is 16.5. The zero-order valence-electron chi connectivity index (χ0n) is 11.3. The van der Waals surface area contributed by atoms with Crippen molar-refractivity contribution in [2.75, 3.05) is 0 Å². The molecule has 1 aliphatic heterocycles. The second kappa shape index (κ2) is 6.63. The van der Waals surface area contributed by atoms with E-state index in [1.165, 1.54) is 19.3 Å². The quantitative estimate of drug-likeness (QED) is 0.620. The van der Waals surface area contributed by atoms with Crippen LogP contribution in [-0.4, -0.2) is 11.4 Å². The van der Waals surface area contributed by atoms with Gasteiger partial charge in [-0.1, -0.05) is 32.6 Å². The van der Waals surface area contributed by atoms with Crippen LogP contribution in [-0.2, 0) is 9.53 Å². The molecule has 0 fully saturated rings. The van der Waals surface area contributed by atoms with Gasteiger partial charge in [-0.15, -0.1) is 0 Å². The lowest BCUT2D eigenvalue weighted by Crippen LogP contribution is -2.31. The zero-order valence-corrected chi connectivity index (χ0v) is 11.3. The summed E-state index contributed by atoms with van der Waals surface area (Å²) < 4.78 is 5.47. The Balaban J connectivity index is 2.37. The Morgan fingerprint density at radius 1 is 1.24 bits per heavy atom. The molecule has 17 heavy (non-hydrogen) atoms. The van der Waals surface area contributed by atoms with E-state index in [0.717, 1.165) is 18.4 Å². The minimum atomic E-state index is -0.463. The molecule has 2 heteroatoms. The number of carbonyl (C=O) groups excluding carboxylic acids is 1. The van der Waals surface area contributed by atoms with Crippen LogP contribution in [0.25, 0.3) is 0 Å². The first-order chi connectivity index (χ1) is 8.08. The second-order valence-electron chi connectivity index (χ2n) is 5.12. The van der Waals surface area contributed by atoms with Crippen molar-refractivity contribution in [3.8, 4) is 0 Å². The summed E-state index contributed by atoms with van der Waals surface area (Å²) in [5.74, 6) is 0.232.